The van der Waals surface area contributed by atoms with Crippen LogP contribution in [-0.4, -0.2) is 124 Å². The molecule has 0 amide bonds. The second kappa shape index (κ2) is 9.83. The van der Waals surface area contributed by atoms with E-state index in [1.807, 2.05) is 0 Å². The smallest absolute Gasteiger partial charge is 0.320 e. The van der Waals surface area contributed by atoms with E-state index in [9.17, 15) is 4.79 Å². The second-order valence-corrected chi connectivity index (χ2v) is 7.52. The standard InChI is InChI=1S/C18H34N4O3/c1-19-6-8-22(9-7-19)17-2-4-21(5-3-17)16-18(23)25-15-12-20-10-13-24-14-11-20/h17H,2-16H2,1H3. The molecule has 3 heterocycles. The van der Waals surface area contributed by atoms with Crippen molar-refractivity contribution in [3.8, 4) is 0 Å². The van der Waals surface area contributed by atoms with E-state index >= 15 is 0 Å². The Balaban J connectivity index is 1.27. The fraction of sp³-hybridized carbons (Fsp3) is 0.944. The number of hydrogen-bond donors (Lipinski definition) is 0. The molecule has 0 saturated carbocycles. The summed E-state index contributed by atoms with van der Waals surface area (Å²) in [6, 6.07) is 0.697. The number of esters is 1. The third-order valence-corrected chi connectivity index (χ3v) is 5.74. The highest BCUT2D eigenvalue weighted by Crippen LogP contribution is 2.18. The molecular weight excluding hydrogens is 320 g/mol. The van der Waals surface area contributed by atoms with Crippen LogP contribution in [0.15, 0.2) is 0 Å². The van der Waals surface area contributed by atoms with Crippen LogP contribution in [0.25, 0.3) is 0 Å². The van der Waals surface area contributed by atoms with Crippen LogP contribution in [0.4, 0.5) is 0 Å². The number of piperidine rings is 1. The minimum absolute atomic E-state index is 0.0775. The minimum atomic E-state index is -0.0775. The molecule has 0 aromatic heterocycles. The number of carbonyl (C=O) groups excluding carboxylic acids is 1. The average molecular weight is 354 g/mol. The predicted molar refractivity (Wildman–Crippen MR) is 96.8 cm³/mol. The quantitative estimate of drug-likeness (QED) is 0.600. The zero-order valence-corrected chi connectivity index (χ0v) is 15.7. The number of hydrogen-bond acceptors (Lipinski definition) is 7. The van der Waals surface area contributed by atoms with Gasteiger partial charge in [-0.05, 0) is 19.9 Å². The molecule has 3 aliphatic heterocycles. The summed E-state index contributed by atoms with van der Waals surface area (Å²) in [7, 11) is 2.20. The molecule has 0 aromatic rings. The van der Waals surface area contributed by atoms with Gasteiger partial charge in [0, 0.05) is 64.9 Å². The number of rotatable bonds is 6. The molecule has 0 radical (unpaired) electrons. The van der Waals surface area contributed by atoms with Crippen LogP contribution in [0.2, 0.25) is 0 Å². The van der Waals surface area contributed by atoms with E-state index in [1.165, 1.54) is 39.0 Å². The minimum Gasteiger partial charge on any atom is -0.463 e. The van der Waals surface area contributed by atoms with Gasteiger partial charge in [-0.25, -0.2) is 0 Å². The maximum absolute atomic E-state index is 12.0. The molecule has 3 fully saturated rings. The Labute approximate surface area is 151 Å². The zero-order valence-electron chi connectivity index (χ0n) is 15.7. The van der Waals surface area contributed by atoms with E-state index in [0.717, 1.165) is 45.9 Å². The molecule has 3 rings (SSSR count). The van der Waals surface area contributed by atoms with Crippen molar-refractivity contribution < 1.29 is 14.3 Å². The van der Waals surface area contributed by atoms with E-state index in [1.54, 1.807) is 0 Å². The van der Waals surface area contributed by atoms with Crippen LogP contribution in [0.3, 0.4) is 0 Å². The zero-order chi connectivity index (χ0) is 17.5. The molecule has 0 aromatic carbocycles. The molecule has 144 valence electrons. The van der Waals surface area contributed by atoms with Crippen molar-refractivity contribution in [3.63, 3.8) is 0 Å². The van der Waals surface area contributed by atoms with Gasteiger partial charge in [0.05, 0.1) is 19.8 Å². The Morgan fingerprint density at radius 1 is 0.960 bits per heavy atom. The molecule has 0 spiro atoms. The van der Waals surface area contributed by atoms with Gasteiger partial charge in [-0.3, -0.25) is 19.5 Å². The van der Waals surface area contributed by atoms with Crippen molar-refractivity contribution in [3.05, 3.63) is 0 Å². The number of nitrogens with zero attached hydrogens (tertiary/aromatic N) is 4. The fourth-order valence-corrected chi connectivity index (χ4v) is 3.97. The highest BCUT2D eigenvalue weighted by Gasteiger charge is 2.27. The van der Waals surface area contributed by atoms with E-state index in [2.05, 4.69) is 26.6 Å². The highest BCUT2D eigenvalue weighted by atomic mass is 16.5. The summed E-state index contributed by atoms with van der Waals surface area (Å²) in [4.78, 5) is 21.6. The van der Waals surface area contributed by atoms with Crippen molar-refractivity contribution in [2.24, 2.45) is 0 Å². The molecule has 0 atom stereocenters. The molecule has 0 N–H and O–H groups in total. The fourth-order valence-electron chi connectivity index (χ4n) is 3.97. The van der Waals surface area contributed by atoms with Crippen LogP contribution in [0, 0.1) is 0 Å². The number of likely N-dealkylation sites (N-methyl/N-ethyl adjacent to an activating group) is 1. The summed E-state index contributed by atoms with van der Waals surface area (Å²) in [5.41, 5.74) is 0. The molecule has 0 unspecified atom stereocenters. The maximum atomic E-state index is 12.0. The van der Waals surface area contributed by atoms with Gasteiger partial charge >= 0.3 is 5.97 Å². The first-order valence-electron chi connectivity index (χ1n) is 9.81. The van der Waals surface area contributed by atoms with E-state index in [-0.39, 0.29) is 5.97 Å². The van der Waals surface area contributed by atoms with Crippen molar-refractivity contribution in [1.82, 2.24) is 19.6 Å². The normalized spacial score (nSPS) is 26.0. The molecule has 7 nitrogen and oxygen atoms in total. The van der Waals surface area contributed by atoms with Gasteiger partial charge < -0.3 is 14.4 Å². The first-order chi connectivity index (χ1) is 12.2. The van der Waals surface area contributed by atoms with Gasteiger partial charge in [-0.2, -0.15) is 0 Å². The number of morpholine rings is 1. The molecule has 0 bridgehead atoms. The lowest BCUT2D eigenvalue weighted by atomic mass is 10.0. The summed E-state index contributed by atoms with van der Waals surface area (Å²) < 4.78 is 10.7. The monoisotopic (exact) mass is 354 g/mol. The predicted octanol–water partition coefficient (Wildman–Crippen LogP) is -0.426. The molecule has 3 saturated heterocycles. The molecule has 0 aliphatic carbocycles. The van der Waals surface area contributed by atoms with Gasteiger partial charge in [0.1, 0.15) is 6.61 Å². The number of ether oxygens (including phenoxy) is 2. The van der Waals surface area contributed by atoms with Crippen molar-refractivity contribution in [1.29, 1.82) is 0 Å². The van der Waals surface area contributed by atoms with Crippen LogP contribution < -0.4 is 0 Å². The average Bonchev–Trinajstić information content (AvgIpc) is 2.64. The van der Waals surface area contributed by atoms with E-state index in [0.29, 0.717) is 19.2 Å². The van der Waals surface area contributed by atoms with Crippen molar-refractivity contribution in [2.75, 3.05) is 92.3 Å². The third kappa shape index (κ3) is 6.18. The second-order valence-electron chi connectivity index (χ2n) is 7.52. The molecule has 25 heavy (non-hydrogen) atoms. The third-order valence-electron chi connectivity index (χ3n) is 5.74. The van der Waals surface area contributed by atoms with Crippen LogP contribution in [0.1, 0.15) is 12.8 Å². The summed E-state index contributed by atoms with van der Waals surface area (Å²) in [6.07, 6.45) is 2.34. The van der Waals surface area contributed by atoms with Crippen molar-refractivity contribution in [2.45, 2.75) is 18.9 Å². The Hall–Kier alpha value is -0.730. The van der Waals surface area contributed by atoms with E-state index < -0.39 is 0 Å². The highest BCUT2D eigenvalue weighted by molar-refractivity contribution is 5.71. The number of carbonyl (C=O) groups is 1. The lowest BCUT2D eigenvalue weighted by Crippen LogP contribution is -2.52. The first kappa shape index (κ1) is 19.0. The SMILES string of the molecule is CN1CCN(C2CCN(CC(=O)OCCN3CCOCC3)CC2)CC1. The van der Waals surface area contributed by atoms with Crippen LogP contribution in [-0.2, 0) is 14.3 Å². The molecule has 7 heteroatoms. The Bertz CT molecular complexity index is 401. The lowest BCUT2D eigenvalue weighted by molar-refractivity contribution is -0.146. The summed E-state index contributed by atoms with van der Waals surface area (Å²) in [5.74, 6) is -0.0775. The summed E-state index contributed by atoms with van der Waals surface area (Å²) in [5, 5.41) is 0. The van der Waals surface area contributed by atoms with Gasteiger partial charge in [0.15, 0.2) is 0 Å². The maximum Gasteiger partial charge on any atom is 0.320 e. The van der Waals surface area contributed by atoms with Crippen LogP contribution >= 0.6 is 0 Å². The molecular formula is C18H34N4O3. The summed E-state index contributed by atoms with van der Waals surface area (Å²) >= 11 is 0. The van der Waals surface area contributed by atoms with Gasteiger partial charge in [-0.15, -0.1) is 0 Å². The largest absolute Gasteiger partial charge is 0.463 e. The Morgan fingerprint density at radius 2 is 1.64 bits per heavy atom. The number of likely N-dealkylation sites (tertiary alicyclic amines) is 1. The first-order valence-corrected chi connectivity index (χ1v) is 9.81. The number of piperazine rings is 1. The summed E-state index contributed by atoms with van der Waals surface area (Å²) in [6.45, 7) is 12.0. The lowest BCUT2D eigenvalue weighted by Gasteiger charge is -2.41. The van der Waals surface area contributed by atoms with Crippen LogP contribution in [0.5, 0.6) is 0 Å². The van der Waals surface area contributed by atoms with Gasteiger partial charge in [0.2, 0.25) is 0 Å². The topological polar surface area (TPSA) is 48.5 Å². The van der Waals surface area contributed by atoms with Gasteiger partial charge in [0.25, 0.3) is 0 Å². The van der Waals surface area contributed by atoms with Gasteiger partial charge in [-0.1, -0.05) is 0 Å². The Kier molecular flexibility index (Phi) is 7.49. The molecule has 3 aliphatic rings. The van der Waals surface area contributed by atoms with E-state index in [4.69, 9.17) is 9.47 Å². The van der Waals surface area contributed by atoms with Crippen molar-refractivity contribution >= 4 is 5.97 Å². The Morgan fingerprint density at radius 3 is 2.32 bits per heavy atom.